The molecule has 2 aromatic heterocycles. The third-order valence-electron chi connectivity index (χ3n) is 2.94. The van der Waals surface area contributed by atoms with Crippen molar-refractivity contribution in [3.05, 3.63) is 41.9 Å². The lowest BCUT2D eigenvalue weighted by Gasteiger charge is -2.06. The second-order valence-corrected chi connectivity index (χ2v) is 5.06. The highest BCUT2D eigenvalue weighted by atomic mass is 32.2. The Balaban J connectivity index is 2.20. The highest BCUT2D eigenvalue weighted by Gasteiger charge is 2.14. The molecule has 2 aromatic rings. The molecule has 96 valence electrons. The summed E-state index contributed by atoms with van der Waals surface area (Å²) in [6, 6.07) is 7.61. The summed E-state index contributed by atoms with van der Waals surface area (Å²) in [5.74, 6) is 0.0661. The molecule has 0 aliphatic heterocycles. The summed E-state index contributed by atoms with van der Waals surface area (Å²) in [6.07, 6.45) is 6.19. The smallest absolute Gasteiger partial charge is 0.225 e. The van der Waals surface area contributed by atoms with Gasteiger partial charge in [-0.2, -0.15) is 0 Å². The number of hydrogen-bond acceptors (Lipinski definition) is 2. The van der Waals surface area contributed by atoms with Crippen molar-refractivity contribution in [2.45, 2.75) is 31.3 Å². The van der Waals surface area contributed by atoms with E-state index in [1.54, 1.807) is 11.8 Å². The first-order valence-electron chi connectivity index (χ1n) is 6.19. The van der Waals surface area contributed by atoms with E-state index in [0.717, 1.165) is 30.1 Å². The number of hydrogen-bond donors (Lipinski definition) is 1. The van der Waals surface area contributed by atoms with Gasteiger partial charge in [-0.25, -0.2) is 0 Å². The Hall–Kier alpha value is -1.42. The zero-order chi connectivity index (χ0) is 13.0. The van der Waals surface area contributed by atoms with Crippen LogP contribution in [0.4, 0.5) is 0 Å². The molecule has 18 heavy (non-hydrogen) atoms. The quantitative estimate of drug-likeness (QED) is 0.638. The lowest BCUT2D eigenvalue weighted by Crippen LogP contribution is -2.10. The molecule has 0 bridgehead atoms. The average molecular weight is 262 g/mol. The first-order valence-corrected chi connectivity index (χ1v) is 7.41. The van der Waals surface area contributed by atoms with Crippen molar-refractivity contribution < 1.29 is 4.79 Å². The Labute approximate surface area is 112 Å². The average Bonchev–Trinajstić information content (AvgIpc) is 3.04. The molecule has 2 heterocycles. The molecule has 0 atom stereocenters. The molecule has 0 aliphatic rings. The summed E-state index contributed by atoms with van der Waals surface area (Å²) >= 11 is 1.61. The van der Waals surface area contributed by atoms with Crippen molar-refractivity contribution in [3.63, 3.8) is 0 Å². The minimum atomic E-state index is 0.0661. The van der Waals surface area contributed by atoms with Crippen LogP contribution in [0, 0.1) is 0 Å². The monoisotopic (exact) mass is 262 g/mol. The number of rotatable bonds is 6. The van der Waals surface area contributed by atoms with Crippen molar-refractivity contribution in [2.24, 2.45) is 0 Å². The number of unbranched alkanes of at least 4 members (excludes halogenated alkanes) is 1. The zero-order valence-electron chi connectivity index (χ0n) is 10.8. The number of nitrogens with one attached hydrogen (secondary N) is 1. The fourth-order valence-corrected chi connectivity index (χ4v) is 2.32. The fraction of sp³-hybridized carbons (Fsp3) is 0.357. The van der Waals surface area contributed by atoms with Gasteiger partial charge in [0.2, 0.25) is 5.78 Å². The molecule has 2 rings (SSSR count). The number of carbonyl (C=O) groups is 1. The van der Waals surface area contributed by atoms with Crippen LogP contribution in [-0.4, -0.2) is 21.6 Å². The lowest BCUT2D eigenvalue weighted by atomic mass is 10.2. The maximum atomic E-state index is 12.4. The van der Waals surface area contributed by atoms with E-state index < -0.39 is 0 Å². The topological polar surface area (TPSA) is 37.8 Å². The predicted octanol–water partition coefficient (Wildman–Crippen LogP) is 3.57. The van der Waals surface area contributed by atoms with E-state index in [0.29, 0.717) is 5.69 Å². The zero-order valence-corrected chi connectivity index (χ0v) is 11.6. The highest BCUT2D eigenvalue weighted by molar-refractivity contribution is 7.98. The molecular weight excluding hydrogens is 244 g/mol. The Morgan fingerprint density at radius 2 is 2.22 bits per heavy atom. The SMILES string of the molecule is CCCCn1cccc1C(=O)c1ccc(SC)[nH]1. The van der Waals surface area contributed by atoms with Crippen LogP contribution in [0.3, 0.4) is 0 Å². The third-order valence-corrected chi connectivity index (χ3v) is 3.62. The van der Waals surface area contributed by atoms with Crippen LogP contribution in [0.1, 0.15) is 35.9 Å². The number of carbonyl (C=O) groups excluding carboxylic acids is 1. The molecule has 0 spiro atoms. The van der Waals surface area contributed by atoms with Gasteiger partial charge in [0.1, 0.15) is 0 Å². The maximum Gasteiger partial charge on any atom is 0.225 e. The number of H-pyrrole nitrogens is 1. The van der Waals surface area contributed by atoms with E-state index in [-0.39, 0.29) is 5.78 Å². The number of aromatic nitrogens is 2. The third kappa shape index (κ3) is 2.70. The lowest BCUT2D eigenvalue weighted by molar-refractivity contribution is 0.102. The summed E-state index contributed by atoms with van der Waals surface area (Å²) in [5.41, 5.74) is 1.42. The van der Waals surface area contributed by atoms with E-state index in [1.807, 2.05) is 41.3 Å². The van der Waals surface area contributed by atoms with Gasteiger partial charge in [0.05, 0.1) is 16.4 Å². The van der Waals surface area contributed by atoms with Gasteiger partial charge < -0.3 is 9.55 Å². The van der Waals surface area contributed by atoms with Crippen LogP contribution in [0.25, 0.3) is 0 Å². The minimum absolute atomic E-state index is 0.0661. The summed E-state index contributed by atoms with van der Waals surface area (Å²) < 4.78 is 2.03. The van der Waals surface area contributed by atoms with Crippen LogP contribution in [0.5, 0.6) is 0 Å². The molecule has 4 heteroatoms. The summed E-state index contributed by atoms with van der Waals surface area (Å²) in [4.78, 5) is 15.5. The number of nitrogens with zero attached hydrogens (tertiary/aromatic N) is 1. The van der Waals surface area contributed by atoms with Gasteiger partial charge in [0, 0.05) is 12.7 Å². The number of aromatic amines is 1. The van der Waals surface area contributed by atoms with Gasteiger partial charge in [-0.3, -0.25) is 4.79 Å². The predicted molar refractivity (Wildman–Crippen MR) is 75.3 cm³/mol. The van der Waals surface area contributed by atoms with Crippen molar-refractivity contribution in [2.75, 3.05) is 6.26 Å². The maximum absolute atomic E-state index is 12.4. The molecule has 0 saturated heterocycles. The summed E-state index contributed by atoms with van der Waals surface area (Å²) in [7, 11) is 0. The highest BCUT2D eigenvalue weighted by Crippen LogP contribution is 2.16. The van der Waals surface area contributed by atoms with Gasteiger partial charge in [-0.15, -0.1) is 11.8 Å². The second-order valence-electron chi connectivity index (χ2n) is 4.21. The molecule has 1 N–H and O–H groups in total. The van der Waals surface area contributed by atoms with Gasteiger partial charge in [0.15, 0.2) is 0 Å². The van der Waals surface area contributed by atoms with Crippen LogP contribution < -0.4 is 0 Å². The van der Waals surface area contributed by atoms with Crippen LogP contribution in [0.15, 0.2) is 35.5 Å². The Bertz CT molecular complexity index is 527. The van der Waals surface area contributed by atoms with Gasteiger partial charge >= 0.3 is 0 Å². The van der Waals surface area contributed by atoms with E-state index in [1.165, 1.54) is 0 Å². The largest absolute Gasteiger partial charge is 0.347 e. The summed E-state index contributed by atoms with van der Waals surface area (Å²) in [5, 5.41) is 1.02. The standard InChI is InChI=1S/C14H18N2OS/c1-3-4-9-16-10-5-6-12(16)14(17)11-7-8-13(15-11)18-2/h5-8,10,15H,3-4,9H2,1-2H3. The Morgan fingerprint density at radius 3 is 2.89 bits per heavy atom. The summed E-state index contributed by atoms with van der Waals surface area (Å²) in [6.45, 7) is 3.06. The van der Waals surface area contributed by atoms with Crippen molar-refractivity contribution in [1.29, 1.82) is 0 Å². The molecule has 0 unspecified atom stereocenters. The molecule has 0 amide bonds. The van der Waals surface area contributed by atoms with E-state index in [4.69, 9.17) is 0 Å². The first kappa shape index (κ1) is 13.0. The van der Waals surface area contributed by atoms with Crippen LogP contribution in [-0.2, 0) is 6.54 Å². The van der Waals surface area contributed by atoms with Crippen LogP contribution >= 0.6 is 11.8 Å². The van der Waals surface area contributed by atoms with Crippen LogP contribution in [0.2, 0.25) is 0 Å². The van der Waals surface area contributed by atoms with Gasteiger partial charge in [-0.05, 0) is 36.9 Å². The number of thioether (sulfide) groups is 1. The minimum Gasteiger partial charge on any atom is -0.347 e. The van der Waals surface area contributed by atoms with Crippen molar-refractivity contribution in [1.82, 2.24) is 9.55 Å². The molecule has 0 radical (unpaired) electrons. The molecule has 0 aliphatic carbocycles. The molecule has 3 nitrogen and oxygen atoms in total. The fourth-order valence-electron chi connectivity index (χ4n) is 1.91. The first-order chi connectivity index (χ1) is 8.76. The van der Waals surface area contributed by atoms with Gasteiger partial charge in [0.25, 0.3) is 0 Å². The van der Waals surface area contributed by atoms with Crippen molar-refractivity contribution in [3.8, 4) is 0 Å². The number of ketones is 1. The molecule has 0 fully saturated rings. The molecule has 0 saturated carbocycles. The van der Waals surface area contributed by atoms with E-state index in [2.05, 4.69) is 11.9 Å². The second kappa shape index (κ2) is 5.96. The van der Waals surface area contributed by atoms with Gasteiger partial charge in [-0.1, -0.05) is 13.3 Å². The van der Waals surface area contributed by atoms with Crippen molar-refractivity contribution >= 4 is 17.5 Å². The Kier molecular flexibility index (Phi) is 4.31. The van der Waals surface area contributed by atoms with E-state index in [9.17, 15) is 4.79 Å². The molecule has 0 aromatic carbocycles. The van der Waals surface area contributed by atoms with E-state index >= 15 is 0 Å². The molecular formula is C14H18N2OS. The normalized spacial score (nSPS) is 10.8. The number of aryl methyl sites for hydroxylation is 1. The Morgan fingerprint density at radius 1 is 1.39 bits per heavy atom.